The number of hydrogen-bond donors (Lipinski definition) is 0. The minimum Gasteiger partial charge on any atom is -0.378 e. The van der Waals surface area contributed by atoms with Gasteiger partial charge in [-0.25, -0.2) is 0 Å². The maximum Gasteiger partial charge on any atom is 0.222 e. The molecule has 4 nitrogen and oxygen atoms in total. The molecular weight excluding hydrogens is 360 g/mol. The maximum atomic E-state index is 12.4. The van der Waals surface area contributed by atoms with Crippen LogP contribution in [0.25, 0.3) is 11.1 Å². The molecule has 1 atom stereocenters. The Bertz CT molecular complexity index is 769. The van der Waals surface area contributed by atoms with E-state index in [1.165, 1.54) is 29.5 Å². The first-order valence-electron chi connectivity index (χ1n) is 11.0. The molecule has 0 bridgehead atoms. The van der Waals surface area contributed by atoms with Crippen molar-refractivity contribution in [3.63, 3.8) is 0 Å². The summed E-state index contributed by atoms with van der Waals surface area (Å²) < 4.78 is 5.35. The molecule has 4 heteroatoms. The van der Waals surface area contributed by atoms with Crippen molar-refractivity contribution in [3.8, 4) is 11.1 Å². The number of piperidine rings is 1. The van der Waals surface area contributed by atoms with Gasteiger partial charge in [0.1, 0.15) is 0 Å². The van der Waals surface area contributed by atoms with Crippen LogP contribution >= 0.6 is 0 Å². The standard InChI is InChI=1S/C25H32N2O2/c28-25(27-15-17-29-18-16-27)13-10-21-5-4-14-26(19-21)20-22-8-11-24(12-9-22)23-6-2-1-3-7-23/h1-3,6-9,11-12,21H,4-5,10,13-20H2/t21-/m0/s1. The van der Waals surface area contributed by atoms with Gasteiger partial charge in [0, 0.05) is 32.6 Å². The Labute approximate surface area is 174 Å². The monoisotopic (exact) mass is 392 g/mol. The van der Waals surface area contributed by atoms with Crippen molar-refractivity contribution in [2.24, 2.45) is 5.92 Å². The molecule has 2 aliphatic heterocycles. The fourth-order valence-electron chi connectivity index (χ4n) is 4.52. The average Bonchev–Trinajstić information content (AvgIpc) is 2.79. The molecule has 2 aromatic carbocycles. The Balaban J connectivity index is 1.26. The molecule has 0 unspecified atom stereocenters. The molecule has 29 heavy (non-hydrogen) atoms. The highest BCUT2D eigenvalue weighted by Crippen LogP contribution is 2.24. The van der Waals surface area contributed by atoms with Crippen LogP contribution in [0, 0.1) is 5.92 Å². The van der Waals surface area contributed by atoms with Gasteiger partial charge in [-0.3, -0.25) is 9.69 Å². The Hall–Kier alpha value is -2.17. The average molecular weight is 393 g/mol. The van der Waals surface area contributed by atoms with Gasteiger partial charge in [-0.15, -0.1) is 0 Å². The van der Waals surface area contributed by atoms with Gasteiger partial charge < -0.3 is 9.64 Å². The van der Waals surface area contributed by atoms with Crippen molar-refractivity contribution in [3.05, 3.63) is 60.2 Å². The minimum atomic E-state index is 0.307. The maximum absolute atomic E-state index is 12.4. The van der Waals surface area contributed by atoms with Crippen LogP contribution in [0.4, 0.5) is 0 Å². The summed E-state index contributed by atoms with van der Waals surface area (Å²) in [4.78, 5) is 16.9. The van der Waals surface area contributed by atoms with Crippen molar-refractivity contribution in [2.75, 3.05) is 39.4 Å². The van der Waals surface area contributed by atoms with Gasteiger partial charge in [0.2, 0.25) is 5.91 Å². The summed E-state index contributed by atoms with van der Waals surface area (Å²) in [5.74, 6) is 0.944. The Morgan fingerprint density at radius 1 is 0.931 bits per heavy atom. The fraction of sp³-hybridized carbons (Fsp3) is 0.480. The normalized spacial score (nSPS) is 20.6. The fourth-order valence-corrected chi connectivity index (χ4v) is 4.52. The number of amides is 1. The molecular formula is C25H32N2O2. The molecule has 2 heterocycles. The van der Waals surface area contributed by atoms with E-state index >= 15 is 0 Å². The molecule has 0 N–H and O–H groups in total. The number of benzene rings is 2. The topological polar surface area (TPSA) is 32.8 Å². The summed E-state index contributed by atoms with van der Waals surface area (Å²) in [6.07, 6.45) is 4.18. The molecule has 0 saturated carbocycles. The predicted molar refractivity (Wildman–Crippen MR) is 117 cm³/mol. The van der Waals surface area contributed by atoms with Crippen LogP contribution in [0.2, 0.25) is 0 Å². The van der Waals surface area contributed by atoms with Crippen LogP contribution in [-0.2, 0) is 16.1 Å². The van der Waals surface area contributed by atoms with Crippen LogP contribution < -0.4 is 0 Å². The van der Waals surface area contributed by atoms with Gasteiger partial charge in [-0.1, -0.05) is 54.6 Å². The number of carbonyl (C=O) groups excluding carboxylic acids is 1. The third-order valence-electron chi connectivity index (χ3n) is 6.20. The van der Waals surface area contributed by atoms with Crippen molar-refractivity contribution < 1.29 is 9.53 Å². The van der Waals surface area contributed by atoms with Crippen molar-refractivity contribution >= 4 is 5.91 Å². The molecule has 2 aromatic rings. The van der Waals surface area contributed by atoms with Crippen LogP contribution in [-0.4, -0.2) is 55.1 Å². The largest absolute Gasteiger partial charge is 0.378 e. The van der Waals surface area contributed by atoms with E-state index in [1.807, 2.05) is 4.90 Å². The molecule has 0 radical (unpaired) electrons. The van der Waals surface area contributed by atoms with E-state index in [1.54, 1.807) is 0 Å². The Morgan fingerprint density at radius 2 is 1.66 bits per heavy atom. The third-order valence-corrected chi connectivity index (χ3v) is 6.20. The molecule has 0 aromatic heterocycles. The summed E-state index contributed by atoms with van der Waals surface area (Å²) in [6, 6.07) is 19.5. The van der Waals surface area contributed by atoms with Crippen molar-refractivity contribution in [1.29, 1.82) is 0 Å². The van der Waals surface area contributed by atoms with E-state index in [0.717, 1.165) is 39.1 Å². The molecule has 2 saturated heterocycles. The van der Waals surface area contributed by atoms with Crippen LogP contribution in [0.5, 0.6) is 0 Å². The minimum absolute atomic E-state index is 0.307. The number of rotatable bonds is 6. The highest BCUT2D eigenvalue weighted by molar-refractivity contribution is 5.76. The van der Waals surface area contributed by atoms with Gasteiger partial charge >= 0.3 is 0 Å². The number of ether oxygens (including phenoxy) is 1. The van der Waals surface area contributed by atoms with Gasteiger partial charge in [-0.2, -0.15) is 0 Å². The van der Waals surface area contributed by atoms with E-state index in [0.29, 0.717) is 31.5 Å². The second kappa shape index (κ2) is 10.0. The number of carbonyl (C=O) groups is 1. The lowest BCUT2D eigenvalue weighted by molar-refractivity contribution is -0.135. The lowest BCUT2D eigenvalue weighted by Crippen LogP contribution is -2.41. The smallest absolute Gasteiger partial charge is 0.222 e. The quantitative estimate of drug-likeness (QED) is 0.738. The van der Waals surface area contributed by atoms with Gasteiger partial charge in [-0.05, 0) is 48.4 Å². The summed E-state index contributed by atoms with van der Waals surface area (Å²) in [5.41, 5.74) is 3.91. The van der Waals surface area contributed by atoms with E-state index in [2.05, 4.69) is 59.5 Å². The van der Waals surface area contributed by atoms with Gasteiger partial charge in [0.25, 0.3) is 0 Å². The first-order valence-corrected chi connectivity index (χ1v) is 11.0. The number of nitrogens with zero attached hydrogens (tertiary/aromatic N) is 2. The van der Waals surface area contributed by atoms with Gasteiger partial charge in [0.05, 0.1) is 13.2 Å². The second-order valence-corrected chi connectivity index (χ2v) is 8.34. The summed E-state index contributed by atoms with van der Waals surface area (Å²) in [5, 5.41) is 0. The number of likely N-dealkylation sites (tertiary alicyclic amines) is 1. The molecule has 0 aliphatic carbocycles. The van der Waals surface area contributed by atoms with E-state index in [-0.39, 0.29) is 0 Å². The zero-order chi connectivity index (χ0) is 19.9. The first kappa shape index (κ1) is 20.1. The molecule has 2 fully saturated rings. The summed E-state index contributed by atoms with van der Waals surface area (Å²) in [7, 11) is 0. The first-order chi connectivity index (χ1) is 14.3. The number of hydrogen-bond acceptors (Lipinski definition) is 3. The molecule has 1 amide bonds. The Kier molecular flexibility index (Phi) is 6.96. The second-order valence-electron chi connectivity index (χ2n) is 8.34. The highest BCUT2D eigenvalue weighted by Gasteiger charge is 2.23. The van der Waals surface area contributed by atoms with Crippen LogP contribution in [0.15, 0.2) is 54.6 Å². The van der Waals surface area contributed by atoms with Crippen LogP contribution in [0.3, 0.4) is 0 Å². The summed E-state index contributed by atoms with van der Waals surface area (Å²) >= 11 is 0. The van der Waals surface area contributed by atoms with Crippen molar-refractivity contribution in [2.45, 2.75) is 32.2 Å². The summed E-state index contributed by atoms with van der Waals surface area (Å²) in [6.45, 7) is 6.16. The molecule has 2 aliphatic rings. The van der Waals surface area contributed by atoms with E-state index < -0.39 is 0 Å². The lowest BCUT2D eigenvalue weighted by Gasteiger charge is -2.33. The molecule has 154 valence electrons. The predicted octanol–water partition coefficient (Wildman–Crippen LogP) is 4.20. The zero-order valence-electron chi connectivity index (χ0n) is 17.3. The van der Waals surface area contributed by atoms with E-state index in [9.17, 15) is 4.79 Å². The molecule has 4 rings (SSSR count). The lowest BCUT2D eigenvalue weighted by atomic mass is 9.92. The SMILES string of the molecule is O=C(CC[C@@H]1CCCN(Cc2ccc(-c3ccccc3)cc2)C1)N1CCOCC1. The van der Waals surface area contributed by atoms with Crippen LogP contribution in [0.1, 0.15) is 31.2 Å². The van der Waals surface area contributed by atoms with E-state index in [4.69, 9.17) is 4.74 Å². The zero-order valence-corrected chi connectivity index (χ0v) is 17.3. The van der Waals surface area contributed by atoms with Gasteiger partial charge in [0.15, 0.2) is 0 Å². The third kappa shape index (κ3) is 5.68. The molecule has 0 spiro atoms. The number of morpholine rings is 1. The van der Waals surface area contributed by atoms with Crippen molar-refractivity contribution in [1.82, 2.24) is 9.80 Å². The highest BCUT2D eigenvalue weighted by atomic mass is 16.5. The Morgan fingerprint density at radius 3 is 2.41 bits per heavy atom.